The third-order valence-corrected chi connectivity index (χ3v) is 6.62. The van der Waals surface area contributed by atoms with Crippen LogP contribution in [0.1, 0.15) is 36.0 Å². The summed E-state index contributed by atoms with van der Waals surface area (Å²) in [6, 6.07) is 14.0. The minimum atomic E-state index is -0.749. The SMILES string of the molecule is CCN(CC)c1ccc(C2C(C(=O)c3cc4cc(Br)ccc4o3)=C(O)C(=O)N2CCOC)cc1. The molecule has 7 nitrogen and oxygen atoms in total. The number of hydrogen-bond acceptors (Lipinski definition) is 6. The van der Waals surface area contributed by atoms with Crippen molar-refractivity contribution in [1.29, 1.82) is 0 Å². The average molecular weight is 527 g/mol. The average Bonchev–Trinajstić information content (AvgIpc) is 3.37. The van der Waals surface area contributed by atoms with Crippen LogP contribution in [-0.4, -0.2) is 55.0 Å². The Labute approximate surface area is 206 Å². The number of ether oxygens (including phenoxy) is 1. The number of benzene rings is 2. The Morgan fingerprint density at radius 1 is 1.15 bits per heavy atom. The van der Waals surface area contributed by atoms with Gasteiger partial charge in [0, 0.05) is 42.3 Å². The molecule has 0 saturated carbocycles. The summed E-state index contributed by atoms with van der Waals surface area (Å²) in [6.45, 7) is 6.40. The van der Waals surface area contributed by atoms with E-state index in [1.807, 2.05) is 36.4 Å². The van der Waals surface area contributed by atoms with E-state index in [2.05, 4.69) is 34.7 Å². The highest BCUT2D eigenvalue weighted by Gasteiger charge is 2.44. The van der Waals surface area contributed by atoms with E-state index in [0.717, 1.165) is 34.2 Å². The summed E-state index contributed by atoms with van der Waals surface area (Å²) in [5.74, 6) is -1.60. The second-order valence-corrected chi connectivity index (χ2v) is 8.96. The second kappa shape index (κ2) is 10.0. The van der Waals surface area contributed by atoms with Crippen LogP contribution in [0.2, 0.25) is 0 Å². The fourth-order valence-electron chi connectivity index (χ4n) is 4.37. The van der Waals surface area contributed by atoms with Crippen molar-refractivity contribution in [2.24, 2.45) is 0 Å². The van der Waals surface area contributed by atoms with Gasteiger partial charge in [-0.05, 0) is 55.8 Å². The van der Waals surface area contributed by atoms with Crippen molar-refractivity contribution in [1.82, 2.24) is 4.90 Å². The van der Waals surface area contributed by atoms with E-state index in [4.69, 9.17) is 9.15 Å². The summed E-state index contributed by atoms with van der Waals surface area (Å²) in [5.41, 5.74) is 2.33. The molecule has 178 valence electrons. The second-order valence-electron chi connectivity index (χ2n) is 8.04. The van der Waals surface area contributed by atoms with Gasteiger partial charge in [-0.2, -0.15) is 0 Å². The van der Waals surface area contributed by atoms with Gasteiger partial charge in [-0.15, -0.1) is 0 Å². The van der Waals surface area contributed by atoms with Gasteiger partial charge in [-0.3, -0.25) is 9.59 Å². The number of ketones is 1. The molecule has 0 aliphatic carbocycles. The lowest BCUT2D eigenvalue weighted by atomic mass is 9.94. The molecule has 0 radical (unpaired) electrons. The lowest BCUT2D eigenvalue weighted by Gasteiger charge is -2.27. The molecule has 1 amide bonds. The molecule has 4 rings (SSSR count). The molecule has 1 aliphatic rings. The number of fused-ring (bicyclic) bond motifs is 1. The lowest BCUT2D eigenvalue weighted by Crippen LogP contribution is -2.34. The van der Waals surface area contributed by atoms with E-state index in [1.165, 1.54) is 4.90 Å². The number of hydrogen-bond donors (Lipinski definition) is 1. The molecule has 0 saturated heterocycles. The smallest absolute Gasteiger partial charge is 0.290 e. The normalized spacial score (nSPS) is 16.1. The number of carbonyl (C=O) groups is 2. The number of Topliss-reactive ketones (excluding diaryl/α,β-unsaturated/α-hetero) is 1. The van der Waals surface area contributed by atoms with Gasteiger partial charge in [0.15, 0.2) is 11.5 Å². The van der Waals surface area contributed by atoms with Crippen LogP contribution >= 0.6 is 15.9 Å². The van der Waals surface area contributed by atoms with Crippen molar-refractivity contribution in [2.75, 3.05) is 38.3 Å². The summed E-state index contributed by atoms with van der Waals surface area (Å²) in [5, 5.41) is 11.5. The van der Waals surface area contributed by atoms with Crippen LogP contribution in [0, 0.1) is 0 Å². The van der Waals surface area contributed by atoms with Crippen LogP contribution in [0.5, 0.6) is 0 Å². The molecule has 1 N–H and O–H groups in total. The Hall–Kier alpha value is -3.10. The highest BCUT2D eigenvalue weighted by atomic mass is 79.9. The number of aliphatic hydroxyl groups excluding tert-OH is 1. The van der Waals surface area contributed by atoms with E-state index in [1.54, 1.807) is 19.2 Å². The fourth-order valence-corrected chi connectivity index (χ4v) is 4.75. The van der Waals surface area contributed by atoms with Gasteiger partial charge < -0.3 is 24.1 Å². The Morgan fingerprint density at radius 3 is 2.50 bits per heavy atom. The van der Waals surface area contributed by atoms with Crippen molar-refractivity contribution >= 4 is 44.3 Å². The van der Waals surface area contributed by atoms with E-state index in [9.17, 15) is 14.7 Å². The molecule has 2 aromatic carbocycles. The summed E-state index contributed by atoms with van der Waals surface area (Å²) in [4.78, 5) is 30.3. The van der Waals surface area contributed by atoms with Gasteiger partial charge in [0.2, 0.25) is 5.78 Å². The molecule has 2 heterocycles. The minimum absolute atomic E-state index is 0.00909. The standard InChI is InChI=1S/C26H27BrN2O5/c1-4-28(5-2)19-9-6-16(7-10-19)23-22(25(31)26(32)29(23)12-13-33-3)24(30)21-15-17-14-18(27)8-11-20(17)34-21/h6-11,14-15,23,31H,4-5,12-13H2,1-3H3. The number of anilines is 1. The maximum Gasteiger partial charge on any atom is 0.290 e. The zero-order valence-electron chi connectivity index (χ0n) is 19.4. The maximum atomic E-state index is 13.6. The van der Waals surface area contributed by atoms with Crippen molar-refractivity contribution in [3.05, 3.63) is 75.7 Å². The predicted molar refractivity (Wildman–Crippen MR) is 134 cm³/mol. The molecular weight excluding hydrogens is 500 g/mol. The van der Waals surface area contributed by atoms with Gasteiger partial charge in [-0.25, -0.2) is 0 Å². The first-order chi connectivity index (χ1) is 16.4. The number of aliphatic hydroxyl groups is 1. The molecule has 0 bridgehead atoms. The predicted octanol–water partition coefficient (Wildman–Crippen LogP) is 5.27. The molecule has 8 heteroatoms. The highest BCUT2D eigenvalue weighted by Crippen LogP contribution is 2.40. The van der Waals surface area contributed by atoms with Crippen molar-refractivity contribution < 1.29 is 23.8 Å². The molecule has 0 spiro atoms. The number of rotatable bonds is 9. The number of amides is 1. The Morgan fingerprint density at radius 2 is 1.85 bits per heavy atom. The van der Waals surface area contributed by atoms with E-state index in [-0.39, 0.29) is 24.5 Å². The topological polar surface area (TPSA) is 83.2 Å². The molecule has 0 fully saturated rings. The number of furan rings is 1. The number of carbonyl (C=O) groups excluding carboxylic acids is 2. The van der Waals surface area contributed by atoms with Crippen LogP contribution in [-0.2, 0) is 9.53 Å². The first-order valence-corrected chi connectivity index (χ1v) is 12.0. The minimum Gasteiger partial charge on any atom is -0.503 e. The number of halogens is 1. The molecular formula is C26H27BrN2O5. The number of methoxy groups -OCH3 is 1. The maximum absolute atomic E-state index is 13.6. The van der Waals surface area contributed by atoms with Crippen molar-refractivity contribution in [3.63, 3.8) is 0 Å². The van der Waals surface area contributed by atoms with Gasteiger partial charge in [0.25, 0.3) is 5.91 Å². The van der Waals surface area contributed by atoms with E-state index in [0.29, 0.717) is 5.58 Å². The van der Waals surface area contributed by atoms with Crippen molar-refractivity contribution in [3.8, 4) is 0 Å². The third kappa shape index (κ3) is 4.35. The summed E-state index contributed by atoms with van der Waals surface area (Å²) >= 11 is 3.42. The molecule has 34 heavy (non-hydrogen) atoms. The molecule has 3 aromatic rings. The number of nitrogens with zero attached hydrogens (tertiary/aromatic N) is 2. The molecule has 1 unspecified atom stereocenters. The van der Waals surface area contributed by atoms with Crippen molar-refractivity contribution in [2.45, 2.75) is 19.9 Å². The van der Waals surface area contributed by atoms with Gasteiger partial charge in [-0.1, -0.05) is 28.1 Å². The largest absolute Gasteiger partial charge is 0.503 e. The van der Waals surface area contributed by atoms with E-state index < -0.39 is 23.5 Å². The Kier molecular flexibility index (Phi) is 7.09. The van der Waals surface area contributed by atoms with Gasteiger partial charge in [0.05, 0.1) is 18.2 Å². The van der Waals surface area contributed by atoms with Crippen LogP contribution in [0.4, 0.5) is 5.69 Å². The van der Waals surface area contributed by atoms with Crippen LogP contribution in [0.15, 0.2) is 68.8 Å². The summed E-state index contributed by atoms with van der Waals surface area (Å²) in [6.07, 6.45) is 0. The van der Waals surface area contributed by atoms with Gasteiger partial charge in [0.1, 0.15) is 5.58 Å². The van der Waals surface area contributed by atoms with Crippen LogP contribution in [0.25, 0.3) is 11.0 Å². The first-order valence-electron chi connectivity index (χ1n) is 11.2. The van der Waals surface area contributed by atoms with Crippen LogP contribution in [0.3, 0.4) is 0 Å². The highest BCUT2D eigenvalue weighted by molar-refractivity contribution is 9.10. The first kappa shape index (κ1) is 24.0. The molecule has 1 aromatic heterocycles. The lowest BCUT2D eigenvalue weighted by molar-refractivity contribution is -0.130. The monoisotopic (exact) mass is 526 g/mol. The van der Waals surface area contributed by atoms with E-state index >= 15 is 0 Å². The summed E-state index contributed by atoms with van der Waals surface area (Å²) < 4.78 is 11.8. The third-order valence-electron chi connectivity index (χ3n) is 6.12. The fraction of sp³-hybridized carbons (Fsp3) is 0.308. The zero-order valence-corrected chi connectivity index (χ0v) is 21.0. The van der Waals surface area contributed by atoms with Crippen LogP contribution < -0.4 is 4.90 Å². The molecule has 1 atom stereocenters. The summed E-state index contributed by atoms with van der Waals surface area (Å²) in [7, 11) is 1.54. The zero-order chi connectivity index (χ0) is 24.4. The quantitative estimate of drug-likeness (QED) is 0.382. The Balaban J connectivity index is 1.76. The Bertz CT molecular complexity index is 1240. The van der Waals surface area contributed by atoms with Gasteiger partial charge >= 0.3 is 0 Å². The molecule has 1 aliphatic heterocycles.